The Labute approximate surface area is 110 Å². The van der Waals surface area contributed by atoms with Crippen molar-refractivity contribution < 1.29 is 9.53 Å². The molecule has 1 aromatic heterocycles. The number of rotatable bonds is 5. The third kappa shape index (κ3) is 2.84. The predicted molar refractivity (Wildman–Crippen MR) is 68.3 cm³/mol. The van der Waals surface area contributed by atoms with E-state index in [1.165, 1.54) is 0 Å². The van der Waals surface area contributed by atoms with E-state index in [1.54, 1.807) is 11.8 Å². The highest BCUT2D eigenvalue weighted by Crippen LogP contribution is 2.14. The first kappa shape index (κ1) is 13.4. The fourth-order valence-electron chi connectivity index (χ4n) is 1.98. The van der Waals surface area contributed by atoms with Gasteiger partial charge in [-0.2, -0.15) is 0 Å². The Bertz CT molecular complexity index is 415. The molecule has 1 unspecified atom stereocenters. The summed E-state index contributed by atoms with van der Waals surface area (Å²) in [5, 5.41) is 11.9. The van der Waals surface area contributed by atoms with Gasteiger partial charge in [-0.05, 0) is 26.0 Å². The monoisotopic (exact) mass is 270 g/mol. The summed E-state index contributed by atoms with van der Waals surface area (Å²) in [5.74, 6) is 0.733. The van der Waals surface area contributed by atoms with Crippen LogP contribution in [-0.2, 0) is 22.6 Å². The molecule has 6 nitrogen and oxygen atoms in total. The molecular weight excluding hydrogens is 252 g/mol. The van der Waals surface area contributed by atoms with Gasteiger partial charge in [0.1, 0.15) is 6.10 Å². The first-order valence-electron chi connectivity index (χ1n) is 6.11. The van der Waals surface area contributed by atoms with Crippen molar-refractivity contribution >= 4 is 17.7 Å². The van der Waals surface area contributed by atoms with E-state index in [1.807, 2.05) is 17.7 Å². The van der Waals surface area contributed by atoms with Crippen LogP contribution in [0.2, 0.25) is 0 Å². The van der Waals surface area contributed by atoms with E-state index in [4.69, 9.17) is 4.74 Å². The van der Waals surface area contributed by atoms with Crippen molar-refractivity contribution in [1.82, 2.24) is 20.1 Å². The van der Waals surface area contributed by atoms with Crippen molar-refractivity contribution in [2.75, 3.05) is 12.9 Å². The molecule has 1 saturated heterocycles. The second-order valence-electron chi connectivity index (χ2n) is 4.07. The van der Waals surface area contributed by atoms with Gasteiger partial charge in [-0.25, -0.2) is 0 Å². The summed E-state index contributed by atoms with van der Waals surface area (Å²) >= 11 is 1.55. The molecule has 18 heavy (non-hydrogen) atoms. The third-order valence-corrected chi connectivity index (χ3v) is 3.60. The zero-order valence-electron chi connectivity index (χ0n) is 10.7. The van der Waals surface area contributed by atoms with Gasteiger partial charge in [0.25, 0.3) is 0 Å². The predicted octanol–water partition coefficient (Wildman–Crippen LogP) is 0.815. The molecule has 1 aliphatic heterocycles. The molecule has 1 atom stereocenters. The second-order valence-corrected chi connectivity index (χ2v) is 4.84. The highest BCUT2D eigenvalue weighted by Gasteiger charge is 2.23. The molecule has 1 amide bonds. The van der Waals surface area contributed by atoms with Gasteiger partial charge in [-0.3, -0.25) is 4.79 Å². The summed E-state index contributed by atoms with van der Waals surface area (Å²) in [5.41, 5.74) is 0. The molecule has 0 spiro atoms. The molecule has 7 heteroatoms. The largest absolute Gasteiger partial charge is 0.368 e. The van der Waals surface area contributed by atoms with Crippen LogP contribution in [0.25, 0.3) is 0 Å². The SMILES string of the molecule is CCn1c(CNC(=O)C2CCCO2)nnc1SC. The maximum absolute atomic E-state index is 11.8. The van der Waals surface area contributed by atoms with Gasteiger partial charge in [0.2, 0.25) is 5.91 Å². The van der Waals surface area contributed by atoms with Gasteiger partial charge >= 0.3 is 0 Å². The van der Waals surface area contributed by atoms with Crippen LogP contribution in [0.5, 0.6) is 0 Å². The van der Waals surface area contributed by atoms with E-state index in [-0.39, 0.29) is 12.0 Å². The summed E-state index contributed by atoms with van der Waals surface area (Å²) in [7, 11) is 0. The quantitative estimate of drug-likeness (QED) is 0.802. The van der Waals surface area contributed by atoms with E-state index in [0.717, 1.165) is 30.4 Å². The fraction of sp³-hybridized carbons (Fsp3) is 0.727. The molecule has 2 heterocycles. The average molecular weight is 270 g/mol. The summed E-state index contributed by atoms with van der Waals surface area (Å²) < 4.78 is 7.33. The van der Waals surface area contributed by atoms with Crippen LogP contribution in [0, 0.1) is 0 Å². The van der Waals surface area contributed by atoms with Crippen LogP contribution in [0.15, 0.2) is 5.16 Å². The van der Waals surface area contributed by atoms with E-state index < -0.39 is 0 Å². The lowest BCUT2D eigenvalue weighted by Gasteiger charge is -2.10. The lowest BCUT2D eigenvalue weighted by Crippen LogP contribution is -2.34. The third-order valence-electron chi connectivity index (χ3n) is 2.94. The molecule has 1 fully saturated rings. The lowest BCUT2D eigenvalue weighted by atomic mass is 10.2. The number of amides is 1. The summed E-state index contributed by atoms with van der Waals surface area (Å²) in [6.07, 6.45) is 3.44. The number of nitrogens with one attached hydrogen (secondary N) is 1. The molecule has 0 bridgehead atoms. The highest BCUT2D eigenvalue weighted by atomic mass is 32.2. The van der Waals surface area contributed by atoms with E-state index in [2.05, 4.69) is 15.5 Å². The first-order chi connectivity index (χ1) is 8.76. The van der Waals surface area contributed by atoms with Gasteiger partial charge < -0.3 is 14.6 Å². The maximum atomic E-state index is 11.8. The Morgan fingerprint density at radius 2 is 2.44 bits per heavy atom. The topological polar surface area (TPSA) is 69.0 Å². The van der Waals surface area contributed by atoms with Crippen LogP contribution in [-0.4, -0.2) is 39.6 Å². The number of carbonyl (C=O) groups excluding carboxylic acids is 1. The summed E-state index contributed by atoms with van der Waals surface area (Å²) in [4.78, 5) is 11.8. The standard InChI is InChI=1S/C11H18N4O2S/c1-3-15-9(13-14-11(15)18-2)7-12-10(16)8-5-4-6-17-8/h8H,3-7H2,1-2H3,(H,12,16). The van der Waals surface area contributed by atoms with Gasteiger partial charge in [-0.1, -0.05) is 11.8 Å². The minimum absolute atomic E-state index is 0.0520. The van der Waals surface area contributed by atoms with E-state index >= 15 is 0 Å². The van der Waals surface area contributed by atoms with Gasteiger partial charge in [0.05, 0.1) is 6.54 Å². The second kappa shape index (κ2) is 6.19. The molecule has 0 aromatic carbocycles. The zero-order chi connectivity index (χ0) is 13.0. The Hall–Kier alpha value is -1.08. The molecule has 0 saturated carbocycles. The van der Waals surface area contributed by atoms with E-state index in [0.29, 0.717) is 13.2 Å². The minimum atomic E-state index is -0.289. The zero-order valence-corrected chi connectivity index (χ0v) is 11.5. The molecule has 2 rings (SSSR count). The Morgan fingerprint density at radius 1 is 1.61 bits per heavy atom. The van der Waals surface area contributed by atoms with Crippen molar-refractivity contribution in [2.24, 2.45) is 0 Å². The van der Waals surface area contributed by atoms with E-state index in [9.17, 15) is 4.79 Å². The maximum Gasteiger partial charge on any atom is 0.249 e. The number of carbonyl (C=O) groups is 1. The number of aromatic nitrogens is 3. The summed E-state index contributed by atoms with van der Waals surface area (Å²) in [6, 6.07) is 0. The normalized spacial score (nSPS) is 19.1. The smallest absolute Gasteiger partial charge is 0.249 e. The van der Waals surface area contributed by atoms with Crippen molar-refractivity contribution in [3.05, 3.63) is 5.82 Å². The Balaban J connectivity index is 1.93. The molecule has 1 N–H and O–H groups in total. The summed E-state index contributed by atoms with van der Waals surface area (Å²) in [6.45, 7) is 3.92. The van der Waals surface area contributed by atoms with Gasteiger partial charge in [-0.15, -0.1) is 10.2 Å². The Kier molecular flexibility index (Phi) is 4.60. The van der Waals surface area contributed by atoms with Crippen LogP contribution in [0.4, 0.5) is 0 Å². The van der Waals surface area contributed by atoms with Gasteiger partial charge in [0, 0.05) is 13.2 Å². The highest BCUT2D eigenvalue weighted by molar-refractivity contribution is 7.98. The number of hydrogen-bond acceptors (Lipinski definition) is 5. The van der Waals surface area contributed by atoms with Gasteiger partial charge in [0.15, 0.2) is 11.0 Å². The van der Waals surface area contributed by atoms with Crippen molar-refractivity contribution in [2.45, 2.75) is 44.1 Å². The van der Waals surface area contributed by atoms with Crippen molar-refractivity contribution in [3.8, 4) is 0 Å². The van der Waals surface area contributed by atoms with Crippen molar-refractivity contribution in [3.63, 3.8) is 0 Å². The number of ether oxygens (including phenoxy) is 1. The minimum Gasteiger partial charge on any atom is -0.368 e. The molecule has 100 valence electrons. The molecule has 0 radical (unpaired) electrons. The molecular formula is C11H18N4O2S. The van der Waals surface area contributed by atoms with Crippen LogP contribution in [0.3, 0.4) is 0 Å². The van der Waals surface area contributed by atoms with Crippen molar-refractivity contribution in [1.29, 1.82) is 0 Å². The molecule has 1 aliphatic rings. The number of thioether (sulfide) groups is 1. The van der Waals surface area contributed by atoms with Crippen LogP contribution < -0.4 is 5.32 Å². The fourth-order valence-corrected chi connectivity index (χ4v) is 2.56. The first-order valence-corrected chi connectivity index (χ1v) is 7.34. The lowest BCUT2D eigenvalue weighted by molar-refractivity contribution is -0.130. The molecule has 0 aliphatic carbocycles. The van der Waals surface area contributed by atoms with Crippen LogP contribution in [0.1, 0.15) is 25.6 Å². The Morgan fingerprint density at radius 3 is 3.06 bits per heavy atom. The number of nitrogens with zero attached hydrogens (tertiary/aromatic N) is 3. The average Bonchev–Trinajstić information content (AvgIpc) is 3.04. The molecule has 1 aromatic rings. The number of hydrogen-bond donors (Lipinski definition) is 1. The van der Waals surface area contributed by atoms with Crippen LogP contribution >= 0.6 is 11.8 Å².